The Morgan fingerprint density at radius 3 is 1.12 bits per heavy atom. The van der Waals surface area contributed by atoms with Crippen molar-refractivity contribution in [1.29, 1.82) is 0 Å². The van der Waals surface area contributed by atoms with Crippen LogP contribution in [0.15, 0.2) is 0 Å². The Labute approximate surface area is 60.8 Å². The molecule has 0 bridgehead atoms. The fourth-order valence-electron chi connectivity index (χ4n) is 0. The molecular formula is C2H5AgNO4. The van der Waals surface area contributed by atoms with Gasteiger partial charge in [0.2, 0.25) is 0 Å². The van der Waals surface area contributed by atoms with Gasteiger partial charge in [0, 0.05) is 22.4 Å². The molecule has 0 fully saturated rings. The zero-order chi connectivity index (χ0) is 5.15. The second kappa shape index (κ2) is 6.64. The Balaban J connectivity index is -0.000000125. The maximum atomic E-state index is 9.10. The van der Waals surface area contributed by atoms with Crippen LogP contribution in [0.25, 0.3) is 0 Å². The van der Waals surface area contributed by atoms with E-state index in [1.54, 1.807) is 0 Å². The number of carboxylic acids is 2. The summed E-state index contributed by atoms with van der Waals surface area (Å²) in [4.78, 5) is 18.2. The van der Waals surface area contributed by atoms with Crippen LogP contribution in [0.2, 0.25) is 0 Å². The van der Waals surface area contributed by atoms with E-state index in [-0.39, 0.29) is 28.5 Å². The third kappa shape index (κ3) is 9.16. The van der Waals surface area contributed by atoms with E-state index in [4.69, 9.17) is 19.8 Å². The third-order valence-electron chi connectivity index (χ3n) is 0.183. The van der Waals surface area contributed by atoms with Crippen molar-refractivity contribution in [2.75, 3.05) is 0 Å². The largest absolute Gasteiger partial charge is 0.473 e. The summed E-state index contributed by atoms with van der Waals surface area (Å²) in [5, 5.41) is 14.8. The Kier molecular flexibility index (Phi) is 13.0. The molecule has 0 aliphatic heterocycles. The Morgan fingerprint density at radius 2 is 1.12 bits per heavy atom. The minimum Gasteiger partial charge on any atom is -0.473 e. The van der Waals surface area contributed by atoms with Crippen molar-refractivity contribution < 1.29 is 42.2 Å². The number of carbonyl (C=O) groups is 2. The number of aliphatic carboxylic acids is 2. The normalized spacial score (nSPS) is 5.50. The van der Waals surface area contributed by atoms with Gasteiger partial charge in [-0.05, 0) is 0 Å². The summed E-state index contributed by atoms with van der Waals surface area (Å²) in [6, 6.07) is 0. The van der Waals surface area contributed by atoms with Crippen molar-refractivity contribution in [2.45, 2.75) is 0 Å². The second-order valence-corrected chi connectivity index (χ2v) is 0.610. The van der Waals surface area contributed by atoms with E-state index >= 15 is 0 Å². The summed E-state index contributed by atoms with van der Waals surface area (Å²) in [6.45, 7) is 0. The van der Waals surface area contributed by atoms with Crippen molar-refractivity contribution >= 4 is 11.9 Å². The van der Waals surface area contributed by atoms with Gasteiger partial charge in [-0.1, -0.05) is 0 Å². The van der Waals surface area contributed by atoms with E-state index in [1.165, 1.54) is 0 Å². The molecule has 5 N–H and O–H groups in total. The van der Waals surface area contributed by atoms with Gasteiger partial charge in [0.1, 0.15) is 0 Å². The molecule has 0 aliphatic rings. The Hall–Kier alpha value is -0.360. The monoisotopic (exact) mass is 214 g/mol. The first-order chi connectivity index (χ1) is 2.64. The SMILES string of the molecule is N.O=C(O)C(=O)O.[Ag]. The molecular weight excluding hydrogens is 210 g/mol. The van der Waals surface area contributed by atoms with Gasteiger partial charge < -0.3 is 16.4 Å². The summed E-state index contributed by atoms with van der Waals surface area (Å²) < 4.78 is 0. The van der Waals surface area contributed by atoms with Gasteiger partial charge in [-0.3, -0.25) is 0 Å². The van der Waals surface area contributed by atoms with Crippen LogP contribution >= 0.6 is 0 Å². The number of hydrogen-bond acceptors (Lipinski definition) is 3. The summed E-state index contributed by atoms with van der Waals surface area (Å²) in [6.07, 6.45) is 0. The van der Waals surface area contributed by atoms with Gasteiger partial charge in [0.15, 0.2) is 0 Å². The molecule has 53 valence electrons. The molecule has 1 radical (unpaired) electrons. The van der Waals surface area contributed by atoms with E-state index < -0.39 is 11.9 Å². The van der Waals surface area contributed by atoms with E-state index in [9.17, 15) is 0 Å². The Bertz CT molecular complexity index is 80.0. The minimum absolute atomic E-state index is 0. The van der Waals surface area contributed by atoms with Crippen molar-refractivity contribution in [3.05, 3.63) is 0 Å². The van der Waals surface area contributed by atoms with Crippen LogP contribution in [-0.4, -0.2) is 22.2 Å². The van der Waals surface area contributed by atoms with Crippen LogP contribution in [0, 0.1) is 0 Å². The average Bonchev–Trinajstić information content (AvgIpc) is 1.36. The van der Waals surface area contributed by atoms with Gasteiger partial charge in [0.25, 0.3) is 0 Å². The van der Waals surface area contributed by atoms with Gasteiger partial charge >= 0.3 is 11.9 Å². The molecule has 0 spiro atoms. The second-order valence-electron chi connectivity index (χ2n) is 0.610. The van der Waals surface area contributed by atoms with E-state index in [0.717, 1.165) is 0 Å². The number of hydrogen-bond donors (Lipinski definition) is 3. The quantitative estimate of drug-likeness (QED) is 0.366. The predicted molar refractivity (Wildman–Crippen MR) is 20.3 cm³/mol. The fourth-order valence-corrected chi connectivity index (χ4v) is 0. The molecule has 0 heterocycles. The molecule has 0 unspecified atom stereocenters. The van der Waals surface area contributed by atoms with E-state index in [1.807, 2.05) is 0 Å². The summed E-state index contributed by atoms with van der Waals surface area (Å²) in [5.41, 5.74) is 0. The first-order valence-electron chi connectivity index (χ1n) is 1.11. The molecule has 0 aromatic rings. The van der Waals surface area contributed by atoms with Crippen LogP contribution in [-0.2, 0) is 32.0 Å². The molecule has 0 rings (SSSR count). The van der Waals surface area contributed by atoms with E-state index in [2.05, 4.69) is 0 Å². The Morgan fingerprint density at radius 1 is 1.00 bits per heavy atom. The van der Waals surface area contributed by atoms with E-state index in [0.29, 0.717) is 0 Å². The third-order valence-corrected chi connectivity index (χ3v) is 0.183. The average molecular weight is 215 g/mol. The minimum atomic E-state index is -1.82. The van der Waals surface area contributed by atoms with Crippen LogP contribution in [0.1, 0.15) is 0 Å². The molecule has 0 aromatic heterocycles. The zero-order valence-electron chi connectivity index (χ0n) is 3.72. The standard InChI is InChI=1S/C2H2O4.Ag.H3N/c3-1(4)2(5)6;;/h(H,3,4)(H,5,6);;1H3. The maximum Gasteiger partial charge on any atom is 0.414 e. The van der Waals surface area contributed by atoms with Gasteiger partial charge in [-0.15, -0.1) is 0 Å². The molecule has 6 heteroatoms. The summed E-state index contributed by atoms with van der Waals surface area (Å²) in [7, 11) is 0. The fraction of sp³-hybridized carbons (Fsp3) is 0. The predicted octanol–water partition coefficient (Wildman–Crippen LogP) is -0.685. The first kappa shape index (κ1) is 15.6. The van der Waals surface area contributed by atoms with Crippen LogP contribution in [0.5, 0.6) is 0 Å². The van der Waals surface area contributed by atoms with Crippen LogP contribution < -0.4 is 6.15 Å². The molecule has 0 saturated carbocycles. The van der Waals surface area contributed by atoms with Crippen LogP contribution in [0.3, 0.4) is 0 Å². The molecule has 0 atom stereocenters. The molecule has 0 aromatic carbocycles. The molecule has 0 aliphatic carbocycles. The molecule has 0 amide bonds. The smallest absolute Gasteiger partial charge is 0.414 e. The van der Waals surface area contributed by atoms with Crippen molar-refractivity contribution in [3.63, 3.8) is 0 Å². The van der Waals surface area contributed by atoms with Gasteiger partial charge in [-0.2, -0.15) is 0 Å². The van der Waals surface area contributed by atoms with Crippen molar-refractivity contribution in [3.8, 4) is 0 Å². The van der Waals surface area contributed by atoms with Crippen LogP contribution in [0.4, 0.5) is 0 Å². The first-order valence-corrected chi connectivity index (χ1v) is 1.11. The van der Waals surface area contributed by atoms with Crippen molar-refractivity contribution in [2.24, 2.45) is 0 Å². The molecule has 0 saturated heterocycles. The number of rotatable bonds is 0. The summed E-state index contributed by atoms with van der Waals surface area (Å²) >= 11 is 0. The maximum absolute atomic E-state index is 9.10. The zero-order valence-corrected chi connectivity index (χ0v) is 5.20. The van der Waals surface area contributed by atoms with Gasteiger partial charge in [0.05, 0.1) is 0 Å². The topological polar surface area (TPSA) is 110 Å². The van der Waals surface area contributed by atoms with Gasteiger partial charge in [-0.25, -0.2) is 9.59 Å². The molecule has 5 nitrogen and oxygen atoms in total. The summed E-state index contributed by atoms with van der Waals surface area (Å²) in [5.74, 6) is -3.65. The number of carboxylic acid groups (broad SMARTS) is 2. The van der Waals surface area contributed by atoms with Crippen molar-refractivity contribution in [1.82, 2.24) is 6.15 Å². The molecule has 8 heavy (non-hydrogen) atoms.